The number of hydrogen-bond acceptors (Lipinski definition) is 5. The molecule has 20 heavy (non-hydrogen) atoms. The molecule has 1 aromatic rings. The number of thioether (sulfide) groups is 1. The summed E-state index contributed by atoms with van der Waals surface area (Å²) in [5.74, 6) is 1.83. The van der Waals surface area contributed by atoms with Crippen LogP contribution in [0.15, 0.2) is 58.4 Å². The number of fused-ring (bicyclic) bond motifs is 3. The van der Waals surface area contributed by atoms with Crippen LogP contribution in [-0.2, 0) is 0 Å². The fourth-order valence-corrected chi connectivity index (χ4v) is 2.58. The van der Waals surface area contributed by atoms with E-state index in [1.807, 2.05) is 30.3 Å². The smallest absolute Gasteiger partial charge is 0.138 e. The highest BCUT2D eigenvalue weighted by Gasteiger charge is 2.27. The summed E-state index contributed by atoms with van der Waals surface area (Å²) < 4.78 is 0. The molecule has 1 N–H and O–H groups in total. The van der Waals surface area contributed by atoms with E-state index >= 15 is 0 Å². The third-order valence-corrected chi connectivity index (χ3v) is 3.65. The van der Waals surface area contributed by atoms with Crippen molar-refractivity contribution in [2.24, 2.45) is 9.98 Å². The summed E-state index contributed by atoms with van der Waals surface area (Å²) in [6, 6.07) is 8.02. The molecule has 0 saturated heterocycles. The van der Waals surface area contributed by atoms with E-state index in [1.54, 1.807) is 11.5 Å². The first kappa shape index (κ1) is 12.9. The van der Waals surface area contributed by atoms with Gasteiger partial charge in [0.05, 0.1) is 17.3 Å². The standard InChI is InChI=1S/C15H14N4S/c1-2-20-13(16)7-8-14-18-12-6-4-3-5-11(12)15-17-9-10-19(14)15/h2-8,16H,1,9-10H2/b8-7+,16-13?. The molecule has 2 heterocycles. The van der Waals surface area contributed by atoms with E-state index in [0.717, 1.165) is 36.0 Å². The lowest BCUT2D eigenvalue weighted by Gasteiger charge is -2.25. The number of aliphatic imine (C=N–C) groups is 2. The highest BCUT2D eigenvalue weighted by atomic mass is 32.2. The van der Waals surface area contributed by atoms with Gasteiger partial charge in [-0.2, -0.15) is 0 Å². The van der Waals surface area contributed by atoms with Crippen LogP contribution < -0.4 is 0 Å². The van der Waals surface area contributed by atoms with Crippen molar-refractivity contribution < 1.29 is 0 Å². The number of para-hydroxylation sites is 1. The van der Waals surface area contributed by atoms with Crippen molar-refractivity contribution in [2.75, 3.05) is 13.1 Å². The molecule has 0 radical (unpaired) electrons. The lowest BCUT2D eigenvalue weighted by Crippen LogP contribution is -2.36. The Morgan fingerprint density at radius 2 is 2.25 bits per heavy atom. The zero-order valence-corrected chi connectivity index (χ0v) is 11.7. The van der Waals surface area contributed by atoms with Gasteiger partial charge in [0.25, 0.3) is 0 Å². The van der Waals surface area contributed by atoms with Gasteiger partial charge in [0.15, 0.2) is 0 Å². The van der Waals surface area contributed by atoms with Gasteiger partial charge in [0.2, 0.25) is 0 Å². The third-order valence-electron chi connectivity index (χ3n) is 3.09. The molecule has 0 spiro atoms. The minimum atomic E-state index is 0.444. The van der Waals surface area contributed by atoms with Crippen molar-refractivity contribution in [1.82, 2.24) is 4.90 Å². The predicted molar refractivity (Wildman–Crippen MR) is 86.3 cm³/mol. The maximum absolute atomic E-state index is 7.74. The van der Waals surface area contributed by atoms with Crippen LogP contribution in [0.4, 0.5) is 5.69 Å². The summed E-state index contributed by atoms with van der Waals surface area (Å²) in [5.41, 5.74) is 2.02. The molecular formula is C15H14N4S. The summed E-state index contributed by atoms with van der Waals surface area (Å²) in [4.78, 5) is 11.3. The minimum Gasteiger partial charge on any atom is -0.309 e. The lowest BCUT2D eigenvalue weighted by atomic mass is 10.1. The van der Waals surface area contributed by atoms with E-state index in [-0.39, 0.29) is 0 Å². The fraction of sp³-hybridized carbons (Fsp3) is 0.133. The molecule has 5 heteroatoms. The monoisotopic (exact) mass is 282 g/mol. The van der Waals surface area contributed by atoms with Crippen LogP contribution >= 0.6 is 11.8 Å². The number of benzene rings is 1. The van der Waals surface area contributed by atoms with E-state index in [1.165, 1.54) is 11.8 Å². The lowest BCUT2D eigenvalue weighted by molar-refractivity contribution is 0.665. The second-order valence-electron chi connectivity index (χ2n) is 4.33. The number of nitrogens with zero attached hydrogens (tertiary/aromatic N) is 3. The Hall–Kier alpha value is -2.14. The second-order valence-corrected chi connectivity index (χ2v) is 5.34. The second kappa shape index (κ2) is 5.46. The van der Waals surface area contributed by atoms with E-state index in [4.69, 9.17) is 5.41 Å². The Labute approximate surface area is 122 Å². The first-order valence-electron chi connectivity index (χ1n) is 6.34. The largest absolute Gasteiger partial charge is 0.309 e. The summed E-state index contributed by atoms with van der Waals surface area (Å²) in [5, 5.41) is 9.83. The van der Waals surface area contributed by atoms with Crippen LogP contribution in [0, 0.1) is 5.41 Å². The Balaban J connectivity index is 1.96. The van der Waals surface area contributed by atoms with Gasteiger partial charge in [-0.3, -0.25) is 10.4 Å². The van der Waals surface area contributed by atoms with E-state index in [2.05, 4.69) is 21.5 Å². The van der Waals surface area contributed by atoms with Gasteiger partial charge in [-0.25, -0.2) is 4.99 Å². The van der Waals surface area contributed by atoms with E-state index in [9.17, 15) is 0 Å². The third kappa shape index (κ3) is 2.32. The molecule has 0 amide bonds. The maximum Gasteiger partial charge on any atom is 0.138 e. The quantitative estimate of drug-likeness (QED) is 0.683. The first-order valence-corrected chi connectivity index (χ1v) is 7.22. The highest BCUT2D eigenvalue weighted by Crippen LogP contribution is 2.28. The molecule has 4 nitrogen and oxygen atoms in total. The minimum absolute atomic E-state index is 0.444. The predicted octanol–water partition coefficient (Wildman–Crippen LogP) is 3.20. The number of rotatable bonds is 3. The average Bonchev–Trinajstić information content (AvgIpc) is 2.95. The molecule has 2 aliphatic rings. The summed E-state index contributed by atoms with van der Waals surface area (Å²) in [6.07, 6.45) is 3.62. The van der Waals surface area contributed by atoms with Crippen molar-refractivity contribution in [1.29, 1.82) is 5.41 Å². The molecule has 0 unspecified atom stereocenters. The zero-order chi connectivity index (χ0) is 13.9. The Morgan fingerprint density at radius 1 is 1.40 bits per heavy atom. The van der Waals surface area contributed by atoms with Gasteiger partial charge in [0, 0.05) is 12.1 Å². The highest BCUT2D eigenvalue weighted by molar-refractivity contribution is 8.16. The summed E-state index contributed by atoms with van der Waals surface area (Å²) >= 11 is 1.29. The molecule has 0 atom stereocenters. The molecule has 3 rings (SSSR count). The molecular weight excluding hydrogens is 268 g/mol. The molecule has 0 fully saturated rings. The van der Waals surface area contributed by atoms with Crippen LogP contribution in [0.2, 0.25) is 0 Å². The maximum atomic E-state index is 7.74. The van der Waals surface area contributed by atoms with Crippen LogP contribution in [0.5, 0.6) is 0 Å². The number of amidine groups is 2. The van der Waals surface area contributed by atoms with E-state index < -0.39 is 0 Å². The Morgan fingerprint density at radius 3 is 3.10 bits per heavy atom. The molecule has 100 valence electrons. The van der Waals surface area contributed by atoms with Crippen LogP contribution in [0.1, 0.15) is 5.56 Å². The summed E-state index contributed by atoms with van der Waals surface area (Å²) in [7, 11) is 0. The van der Waals surface area contributed by atoms with Gasteiger partial charge in [-0.1, -0.05) is 30.5 Å². The van der Waals surface area contributed by atoms with Gasteiger partial charge < -0.3 is 4.90 Å². The Bertz CT molecular complexity index is 658. The zero-order valence-electron chi connectivity index (χ0n) is 10.9. The van der Waals surface area contributed by atoms with Gasteiger partial charge in [-0.15, -0.1) is 0 Å². The molecule has 2 aliphatic heterocycles. The average molecular weight is 282 g/mol. The van der Waals surface area contributed by atoms with Crippen LogP contribution in [0.3, 0.4) is 0 Å². The van der Waals surface area contributed by atoms with Crippen LogP contribution in [-0.4, -0.2) is 34.7 Å². The van der Waals surface area contributed by atoms with Crippen molar-refractivity contribution in [3.8, 4) is 0 Å². The van der Waals surface area contributed by atoms with Gasteiger partial charge in [-0.05, 0) is 29.7 Å². The SMILES string of the molecule is C=CSC(=N)/C=C/C1=Nc2ccccc2C2=NCCN12. The fourth-order valence-electron chi connectivity index (χ4n) is 2.25. The van der Waals surface area contributed by atoms with Gasteiger partial charge >= 0.3 is 0 Å². The number of nitrogens with one attached hydrogen (secondary N) is 1. The molecule has 0 aromatic heterocycles. The van der Waals surface area contributed by atoms with Crippen molar-refractivity contribution in [3.63, 3.8) is 0 Å². The topological polar surface area (TPSA) is 51.8 Å². The van der Waals surface area contributed by atoms with E-state index in [0.29, 0.717) is 5.04 Å². The van der Waals surface area contributed by atoms with Crippen LogP contribution in [0.25, 0.3) is 0 Å². The Kier molecular flexibility index (Phi) is 3.52. The van der Waals surface area contributed by atoms with Crippen molar-refractivity contribution in [2.45, 2.75) is 0 Å². The van der Waals surface area contributed by atoms with Gasteiger partial charge in [0.1, 0.15) is 11.7 Å². The van der Waals surface area contributed by atoms with Crippen molar-refractivity contribution >= 4 is 34.2 Å². The number of hydrogen-bond donors (Lipinski definition) is 1. The normalized spacial score (nSPS) is 16.5. The molecule has 1 aromatic carbocycles. The molecule has 0 saturated carbocycles. The molecule has 0 aliphatic carbocycles. The summed E-state index contributed by atoms with van der Waals surface area (Å²) in [6.45, 7) is 5.24. The molecule has 0 bridgehead atoms. The first-order chi connectivity index (χ1) is 9.79. The van der Waals surface area contributed by atoms with Crippen molar-refractivity contribution in [3.05, 3.63) is 54.0 Å².